The molecule has 1 aliphatic rings. The first kappa shape index (κ1) is 19.3. The molecule has 0 bridgehead atoms. The molecule has 5 heteroatoms. The molecule has 1 atom stereocenters. The largest absolute Gasteiger partial charge is 0.372 e. The van der Waals surface area contributed by atoms with E-state index in [1.54, 1.807) is 6.92 Å². The van der Waals surface area contributed by atoms with Crippen LogP contribution in [0.4, 0.5) is 5.69 Å². The molecule has 5 nitrogen and oxygen atoms in total. The molecule has 0 aromatic heterocycles. The van der Waals surface area contributed by atoms with Crippen LogP contribution in [-0.4, -0.2) is 60.4 Å². The molecular formula is C20H31N3O2. The molecule has 2 rings (SSSR count). The Bertz CT molecular complexity index is 593. The van der Waals surface area contributed by atoms with E-state index in [0.29, 0.717) is 25.6 Å². The summed E-state index contributed by atoms with van der Waals surface area (Å²) in [6.07, 6.45) is 0. The molecule has 1 aromatic rings. The summed E-state index contributed by atoms with van der Waals surface area (Å²) in [4.78, 5) is 30.8. The lowest BCUT2D eigenvalue weighted by molar-refractivity contribution is -0.134. The minimum Gasteiger partial charge on any atom is -0.372 e. The van der Waals surface area contributed by atoms with Gasteiger partial charge in [0.1, 0.15) is 0 Å². The predicted octanol–water partition coefficient (Wildman–Crippen LogP) is 2.86. The Labute approximate surface area is 151 Å². The second-order valence-electron chi connectivity index (χ2n) is 6.99. The van der Waals surface area contributed by atoms with Crippen molar-refractivity contribution in [3.63, 3.8) is 0 Å². The van der Waals surface area contributed by atoms with Crippen LogP contribution in [0.1, 0.15) is 45.0 Å². The number of benzene rings is 1. The van der Waals surface area contributed by atoms with Gasteiger partial charge in [0.05, 0.1) is 6.04 Å². The number of rotatable bonds is 5. The van der Waals surface area contributed by atoms with Gasteiger partial charge < -0.3 is 14.7 Å². The number of piperazine rings is 1. The van der Waals surface area contributed by atoms with Gasteiger partial charge in [-0.25, -0.2) is 0 Å². The molecule has 0 aliphatic carbocycles. The van der Waals surface area contributed by atoms with Crippen LogP contribution in [0.5, 0.6) is 0 Å². The maximum atomic E-state index is 12.9. The molecule has 138 valence electrons. The summed E-state index contributed by atoms with van der Waals surface area (Å²) in [5, 5.41) is 0. The van der Waals surface area contributed by atoms with E-state index in [-0.39, 0.29) is 17.9 Å². The van der Waals surface area contributed by atoms with Gasteiger partial charge in [-0.05, 0) is 44.0 Å². The third-order valence-corrected chi connectivity index (χ3v) is 5.12. The van der Waals surface area contributed by atoms with E-state index in [1.165, 1.54) is 0 Å². The van der Waals surface area contributed by atoms with Gasteiger partial charge in [-0.15, -0.1) is 0 Å². The second-order valence-corrected chi connectivity index (χ2v) is 6.99. The number of nitrogens with zero attached hydrogens (tertiary/aromatic N) is 3. The van der Waals surface area contributed by atoms with E-state index in [9.17, 15) is 9.59 Å². The van der Waals surface area contributed by atoms with Crippen LogP contribution in [-0.2, 0) is 4.79 Å². The molecule has 25 heavy (non-hydrogen) atoms. The molecule has 1 saturated heterocycles. The highest BCUT2D eigenvalue weighted by atomic mass is 16.2. The quantitative estimate of drug-likeness (QED) is 0.824. The minimum absolute atomic E-state index is 0.0555. The standard InChI is InChI=1S/C20H31N3O2/c1-6-21(7-2)18-10-8-17(9-11-18)20(25)22-12-13-23(16(5)24)19(14-22)15(3)4/h8-11,15,19H,6-7,12-14H2,1-5H3. The van der Waals surface area contributed by atoms with E-state index in [0.717, 1.165) is 24.3 Å². The maximum Gasteiger partial charge on any atom is 0.253 e. The van der Waals surface area contributed by atoms with Crippen molar-refractivity contribution in [2.24, 2.45) is 5.92 Å². The first-order valence-corrected chi connectivity index (χ1v) is 9.30. The summed E-state index contributed by atoms with van der Waals surface area (Å²) in [7, 11) is 0. The molecule has 1 heterocycles. The van der Waals surface area contributed by atoms with E-state index in [1.807, 2.05) is 34.1 Å². The number of hydrogen-bond acceptors (Lipinski definition) is 3. The Balaban J connectivity index is 2.11. The van der Waals surface area contributed by atoms with E-state index in [2.05, 4.69) is 32.6 Å². The highest BCUT2D eigenvalue weighted by molar-refractivity contribution is 5.94. The number of hydrogen-bond donors (Lipinski definition) is 0. The molecule has 0 radical (unpaired) electrons. The van der Waals surface area contributed by atoms with Crippen molar-refractivity contribution < 1.29 is 9.59 Å². The number of carbonyl (C=O) groups excluding carboxylic acids is 2. The Morgan fingerprint density at radius 1 is 1.12 bits per heavy atom. The Morgan fingerprint density at radius 3 is 2.20 bits per heavy atom. The molecule has 1 aromatic carbocycles. The zero-order valence-corrected chi connectivity index (χ0v) is 16.2. The van der Waals surface area contributed by atoms with Crippen molar-refractivity contribution in [2.75, 3.05) is 37.6 Å². The van der Waals surface area contributed by atoms with Crippen LogP contribution in [0, 0.1) is 5.92 Å². The van der Waals surface area contributed by atoms with E-state index >= 15 is 0 Å². The third kappa shape index (κ3) is 4.33. The van der Waals surface area contributed by atoms with Crippen LogP contribution in [0.15, 0.2) is 24.3 Å². The first-order valence-electron chi connectivity index (χ1n) is 9.30. The Kier molecular flexibility index (Phi) is 6.45. The Hall–Kier alpha value is -2.04. The van der Waals surface area contributed by atoms with Crippen molar-refractivity contribution in [1.82, 2.24) is 9.80 Å². The fraction of sp³-hybridized carbons (Fsp3) is 0.600. The Morgan fingerprint density at radius 2 is 1.72 bits per heavy atom. The van der Waals surface area contributed by atoms with Crippen molar-refractivity contribution in [2.45, 2.75) is 40.7 Å². The summed E-state index contributed by atoms with van der Waals surface area (Å²) in [5.41, 5.74) is 1.86. The lowest BCUT2D eigenvalue weighted by atomic mass is 9.99. The summed E-state index contributed by atoms with van der Waals surface area (Å²) in [6.45, 7) is 13.8. The van der Waals surface area contributed by atoms with Crippen LogP contribution in [0.25, 0.3) is 0 Å². The minimum atomic E-state index is 0.0555. The normalized spacial score (nSPS) is 17.8. The molecule has 1 fully saturated rings. The van der Waals surface area contributed by atoms with Gasteiger partial charge in [0, 0.05) is 50.9 Å². The van der Waals surface area contributed by atoms with Crippen LogP contribution in [0.2, 0.25) is 0 Å². The van der Waals surface area contributed by atoms with Gasteiger partial charge >= 0.3 is 0 Å². The zero-order chi connectivity index (χ0) is 18.6. The molecule has 0 saturated carbocycles. The van der Waals surface area contributed by atoms with Gasteiger partial charge in [0.15, 0.2) is 0 Å². The third-order valence-electron chi connectivity index (χ3n) is 5.12. The van der Waals surface area contributed by atoms with Crippen LogP contribution in [0.3, 0.4) is 0 Å². The fourth-order valence-electron chi connectivity index (χ4n) is 3.54. The summed E-state index contributed by atoms with van der Waals surface area (Å²) in [6, 6.07) is 7.96. The van der Waals surface area contributed by atoms with E-state index in [4.69, 9.17) is 0 Å². The predicted molar refractivity (Wildman–Crippen MR) is 102 cm³/mol. The maximum absolute atomic E-state index is 12.9. The average molecular weight is 345 g/mol. The number of anilines is 1. The van der Waals surface area contributed by atoms with Crippen LogP contribution >= 0.6 is 0 Å². The first-order chi connectivity index (χ1) is 11.9. The molecule has 1 unspecified atom stereocenters. The smallest absolute Gasteiger partial charge is 0.253 e. The second kappa shape index (κ2) is 8.37. The summed E-state index contributed by atoms with van der Waals surface area (Å²) in [5.74, 6) is 0.471. The monoisotopic (exact) mass is 345 g/mol. The zero-order valence-electron chi connectivity index (χ0n) is 16.2. The molecular weight excluding hydrogens is 314 g/mol. The molecule has 2 amide bonds. The fourth-order valence-corrected chi connectivity index (χ4v) is 3.54. The number of amides is 2. The lowest BCUT2D eigenvalue weighted by Gasteiger charge is -2.43. The van der Waals surface area contributed by atoms with Crippen LogP contribution < -0.4 is 4.90 Å². The van der Waals surface area contributed by atoms with Gasteiger partial charge in [0.2, 0.25) is 5.91 Å². The van der Waals surface area contributed by atoms with Crippen molar-refractivity contribution in [3.8, 4) is 0 Å². The average Bonchev–Trinajstić information content (AvgIpc) is 2.62. The van der Waals surface area contributed by atoms with Crippen molar-refractivity contribution >= 4 is 17.5 Å². The van der Waals surface area contributed by atoms with Gasteiger partial charge in [-0.2, -0.15) is 0 Å². The topological polar surface area (TPSA) is 43.9 Å². The van der Waals surface area contributed by atoms with Crippen molar-refractivity contribution in [1.29, 1.82) is 0 Å². The van der Waals surface area contributed by atoms with Gasteiger partial charge in [0.25, 0.3) is 5.91 Å². The molecule has 0 spiro atoms. The molecule has 1 aliphatic heterocycles. The lowest BCUT2D eigenvalue weighted by Crippen LogP contribution is -2.57. The molecule has 0 N–H and O–H groups in total. The van der Waals surface area contributed by atoms with Gasteiger partial charge in [-0.3, -0.25) is 9.59 Å². The van der Waals surface area contributed by atoms with E-state index < -0.39 is 0 Å². The number of carbonyl (C=O) groups is 2. The highest BCUT2D eigenvalue weighted by Gasteiger charge is 2.33. The van der Waals surface area contributed by atoms with Gasteiger partial charge in [-0.1, -0.05) is 13.8 Å². The summed E-state index contributed by atoms with van der Waals surface area (Å²) < 4.78 is 0. The SMILES string of the molecule is CCN(CC)c1ccc(C(=O)N2CCN(C(C)=O)C(C(C)C)C2)cc1. The highest BCUT2D eigenvalue weighted by Crippen LogP contribution is 2.21. The summed E-state index contributed by atoms with van der Waals surface area (Å²) >= 11 is 0. The van der Waals surface area contributed by atoms with Crippen molar-refractivity contribution in [3.05, 3.63) is 29.8 Å².